The lowest BCUT2D eigenvalue weighted by atomic mass is 10.0. The number of ketones is 1. The number of nitrogens with zero attached hydrogens (tertiary/aromatic N) is 2. The Morgan fingerprint density at radius 1 is 1.03 bits per heavy atom. The van der Waals surface area contributed by atoms with Crippen molar-refractivity contribution in [1.29, 1.82) is 0 Å². The topological polar surface area (TPSA) is 131 Å². The molecular weight excluding hydrogens is 428 g/mol. The molecule has 2 aromatic carbocycles. The van der Waals surface area contributed by atoms with Gasteiger partial charge in [-0.1, -0.05) is 37.1 Å². The number of rotatable bonds is 8. The average molecular weight is 451 g/mol. The van der Waals surface area contributed by atoms with Crippen molar-refractivity contribution in [3.8, 4) is 5.75 Å². The minimum atomic E-state index is -4.45. The van der Waals surface area contributed by atoms with Crippen LogP contribution in [0.3, 0.4) is 0 Å². The number of Topliss-reactive ketones (excluding diaryl/α,β-unsaturated/α-hetero) is 1. The minimum Gasteiger partial charge on any atom is -0.382 e. The van der Waals surface area contributed by atoms with Gasteiger partial charge in [0, 0.05) is 5.56 Å². The lowest BCUT2D eigenvalue weighted by Crippen LogP contribution is -2.26. The van der Waals surface area contributed by atoms with Crippen LogP contribution in [-0.4, -0.2) is 38.2 Å². The van der Waals surface area contributed by atoms with E-state index in [1.165, 1.54) is 6.07 Å². The summed E-state index contributed by atoms with van der Waals surface area (Å²) in [6.07, 6.45) is 1.11. The van der Waals surface area contributed by atoms with E-state index in [0.29, 0.717) is 18.4 Å². The van der Waals surface area contributed by atoms with Gasteiger partial charge in [0.1, 0.15) is 5.75 Å². The van der Waals surface area contributed by atoms with E-state index in [9.17, 15) is 27.2 Å². The molecule has 0 aromatic heterocycles. The summed E-state index contributed by atoms with van der Waals surface area (Å²) in [6, 6.07) is 9.31. The third kappa shape index (κ3) is 5.41. The van der Waals surface area contributed by atoms with Crippen molar-refractivity contribution in [3.63, 3.8) is 0 Å². The van der Waals surface area contributed by atoms with Crippen molar-refractivity contribution in [2.75, 3.05) is 5.75 Å². The standard InChI is InChI=1S/C20H22N2O6S2/c1-4-5-12-29(24,25)28-16-7-9-17(10-8-16)30(26,27)20(22-21)19(23)18-11-6-14(2)13-15(18)3/h6-11,13H,4-5,12H2,1-3H3. The van der Waals surface area contributed by atoms with Crippen molar-refractivity contribution in [2.45, 2.75) is 38.5 Å². The lowest BCUT2D eigenvalue weighted by molar-refractivity contribution is -0.00159. The van der Waals surface area contributed by atoms with Crippen molar-refractivity contribution in [1.82, 2.24) is 0 Å². The molecule has 0 atom stereocenters. The van der Waals surface area contributed by atoms with E-state index in [1.54, 1.807) is 19.1 Å². The molecule has 0 fully saturated rings. The quantitative estimate of drug-likeness (QED) is 0.152. The van der Waals surface area contributed by atoms with E-state index in [0.717, 1.165) is 29.8 Å². The van der Waals surface area contributed by atoms with Crippen molar-refractivity contribution >= 4 is 30.8 Å². The van der Waals surface area contributed by atoms with Crippen LogP contribution in [0.25, 0.3) is 5.53 Å². The third-order valence-corrected chi connectivity index (χ3v) is 7.18. The van der Waals surface area contributed by atoms with E-state index < -0.39 is 30.8 Å². The van der Waals surface area contributed by atoms with Crippen LogP contribution in [0, 0.1) is 13.8 Å². The number of unbranched alkanes of at least 4 members (excludes halogenated alkanes) is 1. The maximum absolute atomic E-state index is 12.8. The first-order chi connectivity index (χ1) is 14.0. The third-order valence-electron chi connectivity index (χ3n) is 4.27. The van der Waals surface area contributed by atoms with E-state index in [1.807, 2.05) is 13.8 Å². The van der Waals surface area contributed by atoms with Gasteiger partial charge in [-0.25, -0.2) is 8.42 Å². The number of benzene rings is 2. The second kappa shape index (κ2) is 9.34. The Morgan fingerprint density at radius 2 is 1.67 bits per heavy atom. The zero-order valence-electron chi connectivity index (χ0n) is 16.8. The molecule has 2 aromatic rings. The van der Waals surface area contributed by atoms with Crippen LogP contribution >= 0.6 is 0 Å². The number of hydrogen-bond acceptors (Lipinski definition) is 6. The Balaban J connectivity index is 2.33. The highest BCUT2D eigenvalue weighted by molar-refractivity contribution is 8.08. The molecule has 0 radical (unpaired) electrons. The molecule has 0 heterocycles. The molecule has 0 N–H and O–H groups in total. The number of hydrogen-bond donors (Lipinski definition) is 0. The van der Waals surface area contributed by atoms with Crippen LogP contribution in [0.15, 0.2) is 47.4 Å². The smallest absolute Gasteiger partial charge is 0.382 e. The fourth-order valence-electron chi connectivity index (χ4n) is 2.70. The van der Waals surface area contributed by atoms with Crippen molar-refractivity contribution in [2.24, 2.45) is 0 Å². The summed E-state index contributed by atoms with van der Waals surface area (Å²) in [7, 11) is -8.25. The summed E-state index contributed by atoms with van der Waals surface area (Å²) in [5.41, 5.74) is 10.8. The predicted molar refractivity (Wildman–Crippen MR) is 112 cm³/mol. The number of sulfone groups is 1. The van der Waals surface area contributed by atoms with Gasteiger partial charge in [0.05, 0.1) is 10.6 Å². The Labute approximate surface area is 176 Å². The summed E-state index contributed by atoms with van der Waals surface area (Å²) in [5, 5.41) is -1.03. The molecule has 10 heteroatoms. The monoisotopic (exact) mass is 450 g/mol. The number of carbonyl (C=O) groups excluding carboxylic acids is 1. The molecule has 0 saturated heterocycles. The van der Waals surface area contributed by atoms with Crippen LogP contribution in [0.1, 0.15) is 41.3 Å². The Kier molecular flexibility index (Phi) is 7.30. The SMILES string of the molecule is CCCCS(=O)(=O)Oc1ccc(S(=O)(=O)C(=[N+]=[N-])C(=O)c2ccc(C)cc2C)cc1. The first-order valence-corrected chi connectivity index (χ1v) is 12.2. The fraction of sp³-hybridized carbons (Fsp3) is 0.300. The highest BCUT2D eigenvalue weighted by Gasteiger charge is 2.38. The average Bonchev–Trinajstić information content (AvgIpc) is 2.66. The van der Waals surface area contributed by atoms with Gasteiger partial charge < -0.3 is 9.71 Å². The highest BCUT2D eigenvalue weighted by atomic mass is 32.2. The first kappa shape index (κ1) is 23.5. The first-order valence-electron chi connectivity index (χ1n) is 9.13. The molecular formula is C20H22N2O6S2. The van der Waals surface area contributed by atoms with Crippen molar-refractivity contribution < 1.29 is 30.6 Å². The van der Waals surface area contributed by atoms with Crippen LogP contribution in [-0.2, 0) is 20.0 Å². The highest BCUT2D eigenvalue weighted by Crippen LogP contribution is 2.21. The molecule has 0 aliphatic carbocycles. The molecule has 0 amide bonds. The summed E-state index contributed by atoms with van der Waals surface area (Å²) in [5.74, 6) is -1.17. The van der Waals surface area contributed by atoms with Gasteiger partial charge in [-0.05, 0) is 50.1 Å². The molecule has 0 aliphatic heterocycles. The minimum absolute atomic E-state index is 0.0618. The van der Waals surface area contributed by atoms with Crippen LogP contribution in [0.2, 0.25) is 0 Å². The molecule has 0 saturated carbocycles. The summed E-state index contributed by atoms with van der Waals surface area (Å²) in [4.78, 5) is 15.1. The molecule has 160 valence electrons. The predicted octanol–water partition coefficient (Wildman–Crippen LogP) is 3.10. The second-order valence-corrected chi connectivity index (χ2v) is 10.3. The van der Waals surface area contributed by atoms with E-state index in [2.05, 4.69) is 4.79 Å². The van der Waals surface area contributed by atoms with Crippen molar-refractivity contribution in [3.05, 3.63) is 64.7 Å². The van der Waals surface area contributed by atoms with Gasteiger partial charge in [0.2, 0.25) is 0 Å². The maximum atomic E-state index is 12.8. The summed E-state index contributed by atoms with van der Waals surface area (Å²) < 4.78 is 54.3. The molecule has 0 spiro atoms. The van der Waals surface area contributed by atoms with Gasteiger partial charge >= 0.3 is 15.2 Å². The summed E-state index contributed by atoms with van der Waals surface area (Å²) in [6.45, 7) is 5.31. The normalized spacial score (nSPS) is 11.6. The zero-order chi connectivity index (χ0) is 22.5. The zero-order valence-corrected chi connectivity index (χ0v) is 18.5. The molecule has 0 aliphatic rings. The lowest BCUT2D eigenvalue weighted by Gasteiger charge is -2.07. The van der Waals surface area contributed by atoms with Gasteiger partial charge in [-0.3, -0.25) is 4.79 Å². The molecule has 2 rings (SSSR count). The Bertz CT molecular complexity index is 1210. The van der Waals surface area contributed by atoms with Gasteiger partial charge in [0.15, 0.2) is 0 Å². The van der Waals surface area contributed by atoms with Crippen LogP contribution in [0.4, 0.5) is 0 Å². The molecule has 0 unspecified atom stereocenters. The largest absolute Gasteiger partial charge is 0.456 e. The van der Waals surface area contributed by atoms with E-state index in [-0.39, 0.29) is 22.0 Å². The van der Waals surface area contributed by atoms with Gasteiger partial charge in [-0.2, -0.15) is 8.42 Å². The Hall–Kier alpha value is -2.81. The number of aryl methyl sites for hydroxylation is 2. The van der Waals surface area contributed by atoms with Gasteiger partial charge in [0.25, 0.3) is 15.6 Å². The van der Waals surface area contributed by atoms with E-state index in [4.69, 9.17) is 4.18 Å². The van der Waals surface area contributed by atoms with Crippen LogP contribution < -0.4 is 4.18 Å². The number of carbonyl (C=O) groups is 1. The maximum Gasteiger partial charge on any atom is 0.456 e. The molecule has 30 heavy (non-hydrogen) atoms. The fourth-order valence-corrected chi connectivity index (χ4v) is 5.01. The van der Waals surface area contributed by atoms with Crippen LogP contribution in [0.5, 0.6) is 5.75 Å². The Morgan fingerprint density at radius 3 is 2.20 bits per heavy atom. The van der Waals surface area contributed by atoms with E-state index >= 15 is 0 Å². The molecule has 8 nitrogen and oxygen atoms in total. The van der Waals surface area contributed by atoms with Gasteiger partial charge in [-0.15, -0.1) is 4.79 Å². The second-order valence-electron chi connectivity index (χ2n) is 6.73. The molecule has 0 bridgehead atoms. The summed E-state index contributed by atoms with van der Waals surface area (Å²) >= 11 is 0.